The predicted octanol–water partition coefficient (Wildman–Crippen LogP) is 1.27. The number of ether oxygens (including phenoxy) is 3. The molecule has 0 spiro atoms. The Kier molecular flexibility index (Phi) is 9.72. The quantitative estimate of drug-likeness (QED) is 0.327. The normalized spacial score (nSPS) is 12.5. The van der Waals surface area contributed by atoms with Crippen molar-refractivity contribution in [2.45, 2.75) is 50.2 Å². The molecule has 1 rings (SSSR count). The zero-order valence-corrected chi connectivity index (χ0v) is 18.7. The first-order chi connectivity index (χ1) is 14.3. The third-order valence-corrected chi connectivity index (χ3v) is 5.06. The summed E-state index contributed by atoms with van der Waals surface area (Å²) in [6, 6.07) is 3.96. The van der Waals surface area contributed by atoms with E-state index < -0.39 is 39.7 Å². The van der Waals surface area contributed by atoms with Gasteiger partial charge in [0.1, 0.15) is 17.4 Å². The highest BCUT2D eigenvalue weighted by Gasteiger charge is 2.28. The van der Waals surface area contributed by atoms with Gasteiger partial charge in [-0.05, 0) is 51.5 Å². The number of alkyl carbamates (subject to hydrolysis) is 1. The summed E-state index contributed by atoms with van der Waals surface area (Å²) in [5.74, 6) is -1.46. The van der Waals surface area contributed by atoms with E-state index in [-0.39, 0.29) is 24.5 Å². The number of sulfonamides is 1. The van der Waals surface area contributed by atoms with Gasteiger partial charge in [-0.2, -0.15) is 4.72 Å². The number of esters is 1. The highest BCUT2D eigenvalue weighted by molar-refractivity contribution is 7.89. The Morgan fingerprint density at radius 3 is 2.26 bits per heavy atom. The van der Waals surface area contributed by atoms with Crippen LogP contribution in [0.3, 0.4) is 0 Å². The van der Waals surface area contributed by atoms with E-state index in [1.165, 1.54) is 24.3 Å². The molecule has 0 heterocycles. The second kappa shape index (κ2) is 11.5. The number of methoxy groups -OCH3 is 1. The molecule has 0 aliphatic carbocycles. The van der Waals surface area contributed by atoms with E-state index in [4.69, 9.17) is 14.6 Å². The number of amides is 1. The van der Waals surface area contributed by atoms with Crippen molar-refractivity contribution in [2.75, 3.05) is 20.3 Å². The molecule has 0 aliphatic heterocycles. The summed E-state index contributed by atoms with van der Waals surface area (Å²) in [4.78, 5) is 34.1. The van der Waals surface area contributed by atoms with Gasteiger partial charge in [-0.3, -0.25) is 9.59 Å². The van der Waals surface area contributed by atoms with Crippen LogP contribution in [0.1, 0.15) is 33.6 Å². The molecular weight excluding hydrogens is 432 g/mol. The van der Waals surface area contributed by atoms with E-state index in [9.17, 15) is 22.8 Å². The van der Waals surface area contributed by atoms with Crippen LogP contribution in [-0.2, 0) is 29.1 Å². The van der Waals surface area contributed by atoms with Gasteiger partial charge in [-0.15, -0.1) is 0 Å². The fraction of sp³-hybridized carbons (Fsp3) is 0.526. The first-order valence-electron chi connectivity index (χ1n) is 9.36. The van der Waals surface area contributed by atoms with Crippen molar-refractivity contribution in [1.82, 2.24) is 10.0 Å². The lowest BCUT2D eigenvalue weighted by molar-refractivity contribution is -0.142. The van der Waals surface area contributed by atoms with Crippen LogP contribution < -0.4 is 14.8 Å². The number of aliphatic carboxylic acids is 1. The lowest BCUT2D eigenvalue weighted by Gasteiger charge is -2.21. The van der Waals surface area contributed by atoms with Crippen molar-refractivity contribution in [1.29, 1.82) is 0 Å². The molecule has 3 N–H and O–H groups in total. The van der Waals surface area contributed by atoms with Crippen LogP contribution in [0.25, 0.3) is 0 Å². The Labute approximate surface area is 181 Å². The number of nitrogens with one attached hydrogen (secondary N) is 2. The molecule has 11 nitrogen and oxygen atoms in total. The molecule has 0 unspecified atom stereocenters. The average molecular weight is 461 g/mol. The summed E-state index contributed by atoms with van der Waals surface area (Å²) in [6.45, 7) is 4.76. The van der Waals surface area contributed by atoms with Crippen LogP contribution in [0.15, 0.2) is 29.2 Å². The van der Waals surface area contributed by atoms with Crippen molar-refractivity contribution in [3.63, 3.8) is 0 Å². The summed E-state index contributed by atoms with van der Waals surface area (Å²) in [6.07, 6.45) is -0.546. The number of rotatable bonds is 11. The minimum atomic E-state index is -4.13. The van der Waals surface area contributed by atoms with Crippen molar-refractivity contribution < 1.29 is 42.1 Å². The molecule has 1 amide bonds. The van der Waals surface area contributed by atoms with Gasteiger partial charge < -0.3 is 24.6 Å². The van der Waals surface area contributed by atoms with Gasteiger partial charge in [0.2, 0.25) is 10.0 Å². The first kappa shape index (κ1) is 26.2. The molecule has 1 aromatic carbocycles. The molecule has 0 saturated heterocycles. The summed E-state index contributed by atoms with van der Waals surface area (Å²) >= 11 is 0. The lowest BCUT2D eigenvalue weighted by atomic mass is 10.2. The molecular formula is C19H28N2O9S. The third kappa shape index (κ3) is 10.1. The SMILES string of the molecule is COC(=O)[C@H](CNC(=O)OC(C)(C)C)NS(=O)(=O)c1ccc(OCCCC(=O)O)cc1. The molecule has 0 aromatic heterocycles. The van der Waals surface area contributed by atoms with Crippen LogP contribution in [-0.4, -0.2) is 63.5 Å². The number of carbonyl (C=O) groups is 3. The fourth-order valence-electron chi connectivity index (χ4n) is 2.20. The Morgan fingerprint density at radius 1 is 1.13 bits per heavy atom. The monoisotopic (exact) mass is 460 g/mol. The summed E-state index contributed by atoms with van der Waals surface area (Å²) in [5, 5.41) is 10.9. The molecule has 1 aromatic rings. The lowest BCUT2D eigenvalue weighted by Crippen LogP contribution is -2.49. The number of carboxylic acids is 1. The smallest absolute Gasteiger partial charge is 0.407 e. The molecule has 31 heavy (non-hydrogen) atoms. The maximum absolute atomic E-state index is 12.6. The maximum Gasteiger partial charge on any atom is 0.407 e. The third-order valence-electron chi connectivity index (χ3n) is 3.57. The van der Waals surface area contributed by atoms with Crippen LogP contribution in [0, 0.1) is 0 Å². The molecule has 0 fully saturated rings. The Balaban J connectivity index is 2.76. The van der Waals surface area contributed by atoms with E-state index in [2.05, 4.69) is 14.8 Å². The van der Waals surface area contributed by atoms with Gasteiger partial charge >= 0.3 is 18.0 Å². The van der Waals surface area contributed by atoms with Crippen molar-refractivity contribution >= 4 is 28.1 Å². The molecule has 12 heteroatoms. The number of hydrogen-bond donors (Lipinski definition) is 3. The molecule has 1 atom stereocenters. The molecule has 174 valence electrons. The van der Waals surface area contributed by atoms with Crippen molar-refractivity contribution in [3.8, 4) is 5.75 Å². The fourth-order valence-corrected chi connectivity index (χ4v) is 3.38. The van der Waals surface area contributed by atoms with Crippen LogP contribution in [0.4, 0.5) is 4.79 Å². The highest BCUT2D eigenvalue weighted by atomic mass is 32.2. The van der Waals surface area contributed by atoms with Crippen LogP contribution in [0.2, 0.25) is 0 Å². The predicted molar refractivity (Wildman–Crippen MR) is 109 cm³/mol. The van der Waals surface area contributed by atoms with E-state index in [1.807, 2.05) is 0 Å². The minimum Gasteiger partial charge on any atom is -0.494 e. The second-order valence-electron chi connectivity index (χ2n) is 7.40. The van der Waals surface area contributed by atoms with Crippen molar-refractivity contribution in [3.05, 3.63) is 24.3 Å². The average Bonchev–Trinajstić information content (AvgIpc) is 2.66. The number of carbonyl (C=O) groups excluding carboxylic acids is 2. The molecule has 0 aliphatic rings. The van der Waals surface area contributed by atoms with Gasteiger partial charge in [0, 0.05) is 13.0 Å². The molecule has 0 radical (unpaired) electrons. The minimum absolute atomic E-state index is 0.0391. The van der Waals surface area contributed by atoms with Crippen LogP contribution in [0.5, 0.6) is 5.75 Å². The molecule has 0 saturated carbocycles. The highest BCUT2D eigenvalue weighted by Crippen LogP contribution is 2.17. The molecule has 0 bridgehead atoms. The van der Waals surface area contributed by atoms with Gasteiger partial charge in [0.15, 0.2) is 0 Å². The van der Waals surface area contributed by atoms with E-state index in [0.29, 0.717) is 12.2 Å². The Morgan fingerprint density at radius 2 is 1.74 bits per heavy atom. The Bertz CT molecular complexity index is 861. The summed E-state index contributed by atoms with van der Waals surface area (Å²) in [5.41, 5.74) is -0.762. The van der Waals surface area contributed by atoms with Gasteiger partial charge in [0.05, 0.1) is 18.6 Å². The largest absolute Gasteiger partial charge is 0.494 e. The van der Waals surface area contributed by atoms with Gasteiger partial charge in [-0.25, -0.2) is 13.2 Å². The number of benzene rings is 1. The van der Waals surface area contributed by atoms with E-state index in [1.54, 1.807) is 20.8 Å². The Hall–Kier alpha value is -2.86. The first-order valence-corrected chi connectivity index (χ1v) is 10.8. The number of hydrogen-bond acceptors (Lipinski definition) is 8. The zero-order chi connectivity index (χ0) is 23.7. The van der Waals surface area contributed by atoms with E-state index >= 15 is 0 Å². The topological polar surface area (TPSA) is 157 Å². The summed E-state index contributed by atoms with van der Waals surface area (Å²) in [7, 11) is -3.04. The summed E-state index contributed by atoms with van der Waals surface area (Å²) < 4.78 is 42.4. The standard InChI is InChI=1S/C19H28N2O9S/c1-19(2,3)30-18(25)20-12-15(17(24)28-4)21-31(26,27)14-9-7-13(8-10-14)29-11-5-6-16(22)23/h7-10,15,21H,5-6,11-12H2,1-4H3,(H,20,25)(H,22,23)/t15-/m0/s1. The van der Waals surface area contributed by atoms with Gasteiger partial charge in [-0.1, -0.05) is 0 Å². The van der Waals surface area contributed by atoms with Gasteiger partial charge in [0.25, 0.3) is 0 Å². The van der Waals surface area contributed by atoms with Crippen molar-refractivity contribution in [2.24, 2.45) is 0 Å². The van der Waals surface area contributed by atoms with E-state index in [0.717, 1.165) is 7.11 Å². The zero-order valence-electron chi connectivity index (χ0n) is 17.8. The number of carboxylic acid groups (broad SMARTS) is 1. The second-order valence-corrected chi connectivity index (χ2v) is 9.11. The maximum atomic E-state index is 12.6. The van der Waals surface area contributed by atoms with Crippen LogP contribution >= 0.6 is 0 Å².